The fraction of sp³-hybridized carbons (Fsp3) is 0.444. The van der Waals surface area contributed by atoms with Gasteiger partial charge in [-0.05, 0) is 28.1 Å². The van der Waals surface area contributed by atoms with Crippen LogP contribution in [-0.2, 0) is 0 Å². The molecule has 0 unspecified atom stereocenters. The zero-order chi connectivity index (χ0) is 11.3. The molecule has 0 saturated carbocycles. The van der Waals surface area contributed by atoms with Gasteiger partial charge in [-0.3, -0.25) is 0 Å². The van der Waals surface area contributed by atoms with E-state index in [1.807, 2.05) is 0 Å². The fourth-order valence-corrected chi connectivity index (χ4v) is 1.56. The van der Waals surface area contributed by atoms with Crippen LogP contribution in [0.15, 0.2) is 22.8 Å². The first-order valence-corrected chi connectivity index (χ1v) is 5.67. The Balaban J connectivity index is 2.74. The summed E-state index contributed by atoms with van der Waals surface area (Å²) in [6.07, 6.45) is -0.819. The molecule has 6 heteroatoms. The van der Waals surface area contributed by atoms with E-state index in [9.17, 15) is 8.78 Å². The van der Waals surface area contributed by atoms with Crippen molar-refractivity contribution in [1.29, 1.82) is 0 Å². The predicted octanol–water partition coefficient (Wildman–Crippen LogP) is 3.15. The van der Waals surface area contributed by atoms with Gasteiger partial charge in [0.1, 0.15) is 5.82 Å². The molecule has 0 fully saturated rings. The quantitative estimate of drug-likeness (QED) is 0.777. The molecule has 84 valence electrons. The van der Waals surface area contributed by atoms with Crippen molar-refractivity contribution in [3.63, 3.8) is 0 Å². The van der Waals surface area contributed by atoms with Crippen LogP contribution in [0.2, 0.25) is 0 Å². The minimum atomic E-state index is -2.39. The van der Waals surface area contributed by atoms with Gasteiger partial charge in [0.2, 0.25) is 0 Å². The Morgan fingerprint density at radius 2 is 2.20 bits per heavy atom. The molecule has 0 N–H and O–H groups in total. The number of hydrogen-bond acceptors (Lipinski definition) is 2. The lowest BCUT2D eigenvalue weighted by Crippen LogP contribution is -2.31. The number of pyridine rings is 1. The van der Waals surface area contributed by atoms with Crippen LogP contribution < -0.4 is 4.90 Å². The number of hydrogen-bond donors (Lipinski definition) is 0. The highest BCUT2D eigenvalue weighted by molar-refractivity contribution is 9.10. The van der Waals surface area contributed by atoms with Crippen LogP contribution in [0.3, 0.4) is 0 Å². The average molecular weight is 300 g/mol. The van der Waals surface area contributed by atoms with Crippen molar-refractivity contribution in [3.8, 4) is 0 Å². The van der Waals surface area contributed by atoms with Crippen molar-refractivity contribution >= 4 is 33.3 Å². The first kappa shape index (κ1) is 12.6. The molecule has 1 heterocycles. The lowest BCUT2D eigenvalue weighted by atomic mass is 10.4. The normalized spacial score (nSPS) is 10.7. The van der Waals surface area contributed by atoms with Gasteiger partial charge < -0.3 is 4.90 Å². The topological polar surface area (TPSA) is 16.1 Å². The number of alkyl halides is 3. The second-order valence-corrected chi connectivity index (χ2v) is 4.15. The molecular weight excluding hydrogens is 289 g/mol. The minimum Gasteiger partial charge on any atom is -0.350 e. The molecule has 1 aromatic rings. The van der Waals surface area contributed by atoms with Gasteiger partial charge in [0.15, 0.2) is 0 Å². The van der Waals surface area contributed by atoms with Crippen LogP contribution >= 0.6 is 27.5 Å². The summed E-state index contributed by atoms with van der Waals surface area (Å²) in [5.74, 6) is 0.809. The highest BCUT2D eigenvalue weighted by atomic mass is 79.9. The number of nitrogens with zero attached hydrogens (tertiary/aromatic N) is 2. The zero-order valence-electron chi connectivity index (χ0n) is 7.84. The monoisotopic (exact) mass is 298 g/mol. The van der Waals surface area contributed by atoms with Crippen LogP contribution in [0.4, 0.5) is 14.6 Å². The predicted molar refractivity (Wildman–Crippen MR) is 60.9 cm³/mol. The molecule has 15 heavy (non-hydrogen) atoms. The third kappa shape index (κ3) is 4.30. The van der Waals surface area contributed by atoms with E-state index in [1.54, 1.807) is 18.3 Å². The smallest absolute Gasteiger partial charge is 0.255 e. The van der Waals surface area contributed by atoms with Gasteiger partial charge in [-0.15, -0.1) is 11.6 Å². The van der Waals surface area contributed by atoms with Crippen LogP contribution in [0.25, 0.3) is 0 Å². The molecule has 1 rings (SSSR count). The largest absolute Gasteiger partial charge is 0.350 e. The Bertz CT molecular complexity index is 295. The molecular formula is C9H10BrClF2N2. The molecule has 0 aromatic carbocycles. The Labute approximate surface area is 100 Å². The van der Waals surface area contributed by atoms with E-state index >= 15 is 0 Å². The molecule has 0 aliphatic heterocycles. The molecule has 0 amide bonds. The van der Waals surface area contributed by atoms with Crippen molar-refractivity contribution < 1.29 is 8.78 Å². The van der Waals surface area contributed by atoms with E-state index in [0.29, 0.717) is 18.2 Å². The highest BCUT2D eigenvalue weighted by Crippen LogP contribution is 2.15. The van der Waals surface area contributed by atoms with Gasteiger partial charge >= 0.3 is 0 Å². The summed E-state index contributed by atoms with van der Waals surface area (Å²) in [5.41, 5.74) is 0. The number of halogens is 4. The lowest BCUT2D eigenvalue weighted by Gasteiger charge is -2.21. The Morgan fingerprint density at radius 1 is 1.47 bits per heavy atom. The van der Waals surface area contributed by atoms with Crippen LogP contribution in [0.1, 0.15) is 0 Å². The summed E-state index contributed by atoms with van der Waals surface area (Å²) in [4.78, 5) is 5.50. The molecule has 2 nitrogen and oxygen atoms in total. The summed E-state index contributed by atoms with van der Waals surface area (Å²) in [6.45, 7) is 0.0158. The standard InChI is InChI=1S/C9H10BrClF2N2/c10-7-1-2-9(14-5-7)15(4-3-11)6-8(12)13/h1-2,5,8H,3-4,6H2. The summed E-state index contributed by atoms with van der Waals surface area (Å²) < 4.78 is 25.3. The zero-order valence-corrected chi connectivity index (χ0v) is 10.2. The van der Waals surface area contributed by atoms with E-state index in [4.69, 9.17) is 11.6 Å². The van der Waals surface area contributed by atoms with Crippen LogP contribution in [-0.4, -0.2) is 30.4 Å². The van der Waals surface area contributed by atoms with E-state index in [1.165, 1.54) is 4.90 Å². The van der Waals surface area contributed by atoms with E-state index in [2.05, 4.69) is 20.9 Å². The van der Waals surface area contributed by atoms with Gasteiger partial charge in [0, 0.05) is 23.1 Å². The minimum absolute atomic E-state index is 0.296. The second kappa shape index (κ2) is 6.23. The fourth-order valence-electron chi connectivity index (χ4n) is 1.12. The average Bonchev–Trinajstić information content (AvgIpc) is 2.17. The van der Waals surface area contributed by atoms with Crippen molar-refractivity contribution in [3.05, 3.63) is 22.8 Å². The molecule has 0 radical (unpaired) electrons. The van der Waals surface area contributed by atoms with Gasteiger partial charge in [0.05, 0.1) is 6.54 Å². The SMILES string of the molecule is FC(F)CN(CCCl)c1ccc(Br)cn1. The molecule has 0 atom stereocenters. The van der Waals surface area contributed by atoms with Gasteiger partial charge in [-0.25, -0.2) is 13.8 Å². The molecule has 0 spiro atoms. The van der Waals surface area contributed by atoms with Crippen LogP contribution in [0, 0.1) is 0 Å². The summed E-state index contributed by atoms with van der Waals surface area (Å²) in [5, 5.41) is 0. The number of anilines is 1. The maximum absolute atomic E-state index is 12.3. The summed E-state index contributed by atoms with van der Waals surface area (Å²) in [6, 6.07) is 3.44. The first-order valence-electron chi connectivity index (χ1n) is 4.34. The van der Waals surface area contributed by atoms with E-state index in [0.717, 1.165) is 4.47 Å². The molecule has 0 bridgehead atoms. The van der Waals surface area contributed by atoms with Gasteiger partial charge in [-0.1, -0.05) is 0 Å². The summed E-state index contributed by atoms with van der Waals surface area (Å²) in [7, 11) is 0. The Hall–Kier alpha value is -0.420. The van der Waals surface area contributed by atoms with Crippen molar-refractivity contribution in [2.75, 3.05) is 23.9 Å². The maximum Gasteiger partial charge on any atom is 0.255 e. The van der Waals surface area contributed by atoms with Gasteiger partial charge in [-0.2, -0.15) is 0 Å². The third-order valence-corrected chi connectivity index (χ3v) is 2.39. The molecule has 0 aliphatic rings. The number of rotatable bonds is 5. The number of aromatic nitrogens is 1. The highest BCUT2D eigenvalue weighted by Gasteiger charge is 2.12. The molecule has 0 saturated heterocycles. The summed E-state index contributed by atoms with van der Waals surface area (Å²) >= 11 is 8.77. The van der Waals surface area contributed by atoms with Gasteiger partial charge in [0.25, 0.3) is 6.43 Å². The third-order valence-electron chi connectivity index (χ3n) is 1.75. The van der Waals surface area contributed by atoms with E-state index in [-0.39, 0.29) is 6.54 Å². The molecule has 1 aromatic heterocycles. The van der Waals surface area contributed by atoms with Crippen molar-refractivity contribution in [1.82, 2.24) is 4.98 Å². The lowest BCUT2D eigenvalue weighted by molar-refractivity contribution is 0.155. The van der Waals surface area contributed by atoms with Crippen molar-refractivity contribution in [2.45, 2.75) is 6.43 Å². The molecule has 0 aliphatic carbocycles. The van der Waals surface area contributed by atoms with Crippen LogP contribution in [0.5, 0.6) is 0 Å². The van der Waals surface area contributed by atoms with Crippen molar-refractivity contribution in [2.24, 2.45) is 0 Å². The van der Waals surface area contributed by atoms with E-state index < -0.39 is 6.43 Å². The Kier molecular flexibility index (Phi) is 5.25. The maximum atomic E-state index is 12.3. The Morgan fingerprint density at radius 3 is 2.67 bits per heavy atom. The first-order chi connectivity index (χ1) is 7.13. The second-order valence-electron chi connectivity index (χ2n) is 2.86.